The average Bonchev–Trinajstić information content (AvgIpc) is 2.73. The number of Topliss-reactive ketones (excluding diaryl/α,β-unsaturated/α-hetero) is 1. The Morgan fingerprint density at radius 3 is 2.14 bits per heavy atom. The first-order valence-electron chi connectivity index (χ1n) is 6.88. The molecule has 0 saturated heterocycles. The second-order valence-electron chi connectivity index (χ2n) is 4.74. The van der Waals surface area contributed by atoms with Crippen molar-refractivity contribution in [2.45, 2.75) is 20.3 Å². The van der Waals surface area contributed by atoms with E-state index in [0.717, 1.165) is 21.8 Å². The number of imide groups is 1. The summed E-state index contributed by atoms with van der Waals surface area (Å²) in [5.41, 5.74) is 0.546. The van der Waals surface area contributed by atoms with Gasteiger partial charge in [-0.05, 0) is 24.8 Å². The molecule has 3 amide bonds. The number of carbonyl (C=O) groups excluding carboxylic acids is 4. The van der Waals surface area contributed by atoms with Crippen molar-refractivity contribution in [3.8, 4) is 0 Å². The monoisotopic (exact) mass is 320 g/mol. The first-order valence-corrected chi connectivity index (χ1v) is 7.87. The molecule has 7 heteroatoms. The Morgan fingerprint density at radius 2 is 1.68 bits per heavy atom. The molecule has 0 aromatic heterocycles. The van der Waals surface area contributed by atoms with E-state index >= 15 is 0 Å². The first-order chi connectivity index (χ1) is 10.5. The van der Waals surface area contributed by atoms with Gasteiger partial charge in [0.05, 0.1) is 17.7 Å². The van der Waals surface area contributed by atoms with Crippen molar-refractivity contribution in [2.24, 2.45) is 0 Å². The maximum Gasteiger partial charge on any atom is 0.300 e. The third-order valence-electron chi connectivity index (χ3n) is 3.17. The van der Waals surface area contributed by atoms with E-state index in [0.29, 0.717) is 5.75 Å². The molecule has 2 rings (SSSR count). The average molecular weight is 320 g/mol. The Morgan fingerprint density at radius 1 is 1.14 bits per heavy atom. The van der Waals surface area contributed by atoms with Gasteiger partial charge in [0.15, 0.2) is 0 Å². The van der Waals surface area contributed by atoms with Gasteiger partial charge in [0.25, 0.3) is 11.8 Å². The van der Waals surface area contributed by atoms with Crippen LogP contribution >= 0.6 is 11.8 Å². The molecular weight excluding hydrogens is 304 g/mol. The molecule has 22 heavy (non-hydrogen) atoms. The van der Waals surface area contributed by atoms with Gasteiger partial charge >= 0.3 is 5.24 Å². The maximum atomic E-state index is 12.4. The fourth-order valence-corrected chi connectivity index (χ4v) is 2.70. The number of carbonyl (C=O) groups is 4. The van der Waals surface area contributed by atoms with Crippen molar-refractivity contribution in [2.75, 3.05) is 12.3 Å². The minimum absolute atomic E-state index is 0.00658. The lowest BCUT2D eigenvalue weighted by Crippen LogP contribution is -2.49. The standard InChI is InChI=1S/C15H16N2O4S/c1-3-22-15(21)16(9-8-10(2)18)17-13(19)11-6-4-5-7-12(11)14(17)20/h4-7H,3,8-9H2,1-2H3. The molecule has 0 bridgehead atoms. The van der Waals surface area contributed by atoms with Crippen molar-refractivity contribution >= 4 is 34.6 Å². The topological polar surface area (TPSA) is 74.8 Å². The first kappa shape index (κ1) is 16.2. The van der Waals surface area contributed by atoms with Crippen molar-refractivity contribution in [1.29, 1.82) is 0 Å². The molecule has 0 saturated carbocycles. The Bertz CT molecular complexity index is 609. The maximum absolute atomic E-state index is 12.4. The van der Waals surface area contributed by atoms with Gasteiger partial charge in [-0.2, -0.15) is 5.01 Å². The van der Waals surface area contributed by atoms with E-state index in [9.17, 15) is 19.2 Å². The molecule has 0 radical (unpaired) electrons. The van der Waals surface area contributed by atoms with Crippen molar-refractivity contribution in [1.82, 2.24) is 10.0 Å². The Hall–Kier alpha value is -2.15. The van der Waals surface area contributed by atoms with Crippen LogP contribution in [0.4, 0.5) is 4.79 Å². The summed E-state index contributed by atoms with van der Waals surface area (Å²) in [4.78, 5) is 48.2. The molecule has 0 N–H and O–H groups in total. The predicted molar refractivity (Wildman–Crippen MR) is 82.5 cm³/mol. The van der Waals surface area contributed by atoms with Gasteiger partial charge in [-0.3, -0.25) is 19.2 Å². The molecule has 1 aromatic rings. The van der Waals surface area contributed by atoms with E-state index in [-0.39, 0.29) is 29.9 Å². The predicted octanol–water partition coefficient (Wildman–Crippen LogP) is 2.35. The highest BCUT2D eigenvalue weighted by Crippen LogP contribution is 2.26. The highest BCUT2D eigenvalue weighted by atomic mass is 32.2. The third kappa shape index (κ3) is 3.04. The van der Waals surface area contributed by atoms with Crippen LogP contribution in [0.3, 0.4) is 0 Å². The van der Waals surface area contributed by atoms with E-state index < -0.39 is 17.1 Å². The van der Waals surface area contributed by atoms with Crippen molar-refractivity contribution in [3.05, 3.63) is 35.4 Å². The van der Waals surface area contributed by atoms with Crippen molar-refractivity contribution < 1.29 is 19.2 Å². The fourth-order valence-electron chi connectivity index (χ4n) is 2.13. The highest BCUT2D eigenvalue weighted by Gasteiger charge is 2.41. The second-order valence-corrected chi connectivity index (χ2v) is 5.96. The minimum Gasteiger partial charge on any atom is -0.300 e. The summed E-state index contributed by atoms with van der Waals surface area (Å²) < 4.78 is 0. The van der Waals surface area contributed by atoms with Crippen LogP contribution in [0.1, 0.15) is 41.0 Å². The molecule has 1 aliphatic heterocycles. The molecule has 6 nitrogen and oxygen atoms in total. The summed E-state index contributed by atoms with van der Waals surface area (Å²) in [6, 6.07) is 6.43. The van der Waals surface area contributed by atoms with E-state index in [4.69, 9.17) is 0 Å². The molecule has 1 aromatic carbocycles. The number of fused-ring (bicyclic) bond motifs is 1. The largest absolute Gasteiger partial charge is 0.300 e. The van der Waals surface area contributed by atoms with Crippen LogP contribution in [0.25, 0.3) is 0 Å². The molecule has 0 unspecified atom stereocenters. The van der Waals surface area contributed by atoms with Crippen LogP contribution in [0.2, 0.25) is 0 Å². The molecule has 1 aliphatic rings. The number of amides is 3. The van der Waals surface area contributed by atoms with Crippen LogP contribution < -0.4 is 0 Å². The van der Waals surface area contributed by atoms with Crippen LogP contribution in [-0.2, 0) is 4.79 Å². The van der Waals surface area contributed by atoms with Gasteiger partial charge < -0.3 is 0 Å². The number of rotatable bonds is 5. The third-order valence-corrected chi connectivity index (χ3v) is 3.91. The molecule has 116 valence electrons. The number of thioether (sulfide) groups is 1. The summed E-state index contributed by atoms with van der Waals surface area (Å²) >= 11 is 0.990. The van der Waals surface area contributed by atoms with E-state index in [2.05, 4.69) is 0 Å². The fraction of sp³-hybridized carbons (Fsp3) is 0.333. The van der Waals surface area contributed by atoms with Gasteiger partial charge in [0.1, 0.15) is 5.78 Å². The van der Waals surface area contributed by atoms with Crippen molar-refractivity contribution in [3.63, 3.8) is 0 Å². The normalized spacial score (nSPS) is 13.3. The van der Waals surface area contributed by atoms with Crippen LogP contribution in [0, 0.1) is 0 Å². The lowest BCUT2D eigenvalue weighted by Gasteiger charge is -2.29. The zero-order valence-corrected chi connectivity index (χ0v) is 13.2. The summed E-state index contributed by atoms with van der Waals surface area (Å²) in [5.74, 6) is -0.669. The minimum atomic E-state index is -0.533. The van der Waals surface area contributed by atoms with Gasteiger partial charge in [-0.1, -0.05) is 30.8 Å². The number of ketones is 1. The SMILES string of the molecule is CCSC(=O)N(CCC(C)=O)N1C(=O)c2ccccc2C1=O. The second kappa shape index (κ2) is 6.74. The van der Waals surface area contributed by atoms with E-state index in [1.54, 1.807) is 31.2 Å². The van der Waals surface area contributed by atoms with Crippen LogP contribution in [-0.4, -0.2) is 45.2 Å². The zero-order valence-electron chi connectivity index (χ0n) is 12.4. The number of benzene rings is 1. The lowest BCUT2D eigenvalue weighted by molar-refractivity contribution is -0.117. The van der Waals surface area contributed by atoms with Gasteiger partial charge in [0, 0.05) is 6.42 Å². The summed E-state index contributed by atoms with van der Waals surface area (Å²) in [6.07, 6.45) is 0.0867. The van der Waals surface area contributed by atoms with E-state index in [1.165, 1.54) is 6.92 Å². The molecule has 0 fully saturated rings. The summed E-state index contributed by atoms with van der Waals surface area (Å²) in [6.45, 7) is 3.21. The van der Waals surface area contributed by atoms with Gasteiger partial charge in [-0.25, -0.2) is 5.01 Å². The molecule has 0 aliphatic carbocycles. The molecule has 1 heterocycles. The number of hydrogen-bond acceptors (Lipinski definition) is 5. The summed E-state index contributed by atoms with van der Waals surface area (Å²) in [7, 11) is 0. The number of hydrazine groups is 1. The Balaban J connectivity index is 2.32. The quantitative estimate of drug-likeness (QED) is 0.779. The van der Waals surface area contributed by atoms with Gasteiger partial charge in [-0.15, -0.1) is 0 Å². The Labute approximate surface area is 132 Å². The van der Waals surface area contributed by atoms with Gasteiger partial charge in [0.2, 0.25) is 0 Å². The molecule has 0 spiro atoms. The summed E-state index contributed by atoms with van der Waals surface area (Å²) in [5, 5.41) is 1.50. The molecule has 0 atom stereocenters. The molecular formula is C15H16N2O4S. The highest BCUT2D eigenvalue weighted by molar-refractivity contribution is 8.13. The number of hydrogen-bond donors (Lipinski definition) is 0. The van der Waals surface area contributed by atoms with Crippen LogP contribution in [0.5, 0.6) is 0 Å². The smallest absolute Gasteiger partial charge is 0.300 e. The number of nitrogens with zero attached hydrogens (tertiary/aromatic N) is 2. The van der Waals surface area contributed by atoms with E-state index in [1.807, 2.05) is 0 Å². The zero-order chi connectivity index (χ0) is 16.3. The lowest BCUT2D eigenvalue weighted by atomic mass is 10.1. The van der Waals surface area contributed by atoms with Crippen LogP contribution in [0.15, 0.2) is 24.3 Å². The Kier molecular flexibility index (Phi) is 4.97.